The van der Waals surface area contributed by atoms with E-state index in [0.717, 1.165) is 24.3 Å². The van der Waals surface area contributed by atoms with Crippen molar-refractivity contribution in [3.63, 3.8) is 0 Å². The number of nitrogens with zero attached hydrogens (tertiary/aromatic N) is 5. The highest BCUT2D eigenvalue weighted by Gasteiger charge is 2.23. The summed E-state index contributed by atoms with van der Waals surface area (Å²) in [5, 5.41) is 8.35. The number of rotatable bonds is 3. The van der Waals surface area contributed by atoms with Crippen LogP contribution in [0.5, 0.6) is 0 Å². The van der Waals surface area contributed by atoms with E-state index in [-0.39, 0.29) is 11.5 Å². The van der Waals surface area contributed by atoms with Crippen molar-refractivity contribution in [2.45, 2.75) is 0 Å². The summed E-state index contributed by atoms with van der Waals surface area (Å²) < 4.78 is 1.64. The first-order valence-corrected chi connectivity index (χ1v) is 11.7. The molecule has 3 heterocycles. The molecule has 0 spiro atoms. The molecule has 174 valence electrons. The third kappa shape index (κ3) is 3.81. The number of benzene rings is 3. The molecule has 1 aliphatic heterocycles. The molecule has 2 aromatic heterocycles. The molecule has 3 aromatic carbocycles. The first kappa shape index (κ1) is 21.4. The van der Waals surface area contributed by atoms with E-state index in [4.69, 9.17) is 11.6 Å². The maximum Gasteiger partial charge on any atom is 0.281 e. The second kappa shape index (κ2) is 8.56. The molecule has 1 amide bonds. The Kier molecular flexibility index (Phi) is 5.22. The minimum absolute atomic E-state index is 0.0601. The number of anilines is 1. The Bertz CT molecular complexity index is 1600. The molecule has 0 saturated carbocycles. The largest absolute Gasteiger partial charge is 0.368 e. The van der Waals surface area contributed by atoms with Crippen molar-refractivity contribution in [1.82, 2.24) is 24.7 Å². The lowest BCUT2D eigenvalue weighted by molar-refractivity contribution is 0.0747. The summed E-state index contributed by atoms with van der Waals surface area (Å²) in [6.07, 6.45) is 0. The first-order valence-electron chi connectivity index (χ1n) is 11.3. The van der Waals surface area contributed by atoms with Crippen molar-refractivity contribution >= 4 is 39.7 Å². The molecule has 9 heteroatoms. The number of carbonyl (C=O) groups excluding carboxylic acids is 1. The first-order chi connectivity index (χ1) is 17.1. The zero-order chi connectivity index (χ0) is 23.9. The molecule has 0 unspecified atom stereocenters. The predicted molar refractivity (Wildman–Crippen MR) is 136 cm³/mol. The maximum atomic E-state index is 13.3. The van der Waals surface area contributed by atoms with Gasteiger partial charge in [0, 0.05) is 48.0 Å². The summed E-state index contributed by atoms with van der Waals surface area (Å²) in [6, 6.07) is 22.5. The molecule has 1 saturated heterocycles. The molecule has 1 fully saturated rings. The molecule has 6 rings (SSSR count). The lowest BCUT2D eigenvalue weighted by Gasteiger charge is -2.36. The highest BCUT2D eigenvalue weighted by atomic mass is 35.5. The van der Waals surface area contributed by atoms with E-state index in [1.807, 2.05) is 35.2 Å². The Morgan fingerprint density at radius 1 is 0.914 bits per heavy atom. The van der Waals surface area contributed by atoms with Gasteiger partial charge in [-0.2, -0.15) is 10.1 Å². The van der Waals surface area contributed by atoms with Crippen LogP contribution in [-0.4, -0.2) is 56.8 Å². The molecule has 0 aliphatic carbocycles. The number of H-pyrrole nitrogens is 1. The van der Waals surface area contributed by atoms with Gasteiger partial charge in [-0.1, -0.05) is 41.9 Å². The second-order valence-corrected chi connectivity index (χ2v) is 8.93. The van der Waals surface area contributed by atoms with Crippen molar-refractivity contribution in [3.05, 3.63) is 93.7 Å². The summed E-state index contributed by atoms with van der Waals surface area (Å²) in [5.41, 5.74) is 3.58. The van der Waals surface area contributed by atoms with Crippen molar-refractivity contribution in [3.8, 4) is 11.3 Å². The normalized spacial score (nSPS) is 14.1. The third-order valence-corrected chi connectivity index (χ3v) is 6.67. The van der Waals surface area contributed by atoms with Gasteiger partial charge in [-0.25, -0.2) is 9.73 Å². The summed E-state index contributed by atoms with van der Waals surface area (Å²) in [7, 11) is 0. The smallest absolute Gasteiger partial charge is 0.281 e. The van der Waals surface area contributed by atoms with Crippen molar-refractivity contribution in [2.75, 3.05) is 31.1 Å². The topological polar surface area (TPSA) is 86.6 Å². The van der Waals surface area contributed by atoms with E-state index in [1.54, 1.807) is 34.8 Å². The van der Waals surface area contributed by atoms with E-state index in [0.29, 0.717) is 45.9 Å². The number of aromatic nitrogens is 4. The zero-order valence-corrected chi connectivity index (χ0v) is 19.4. The molecule has 1 aliphatic rings. The number of halogens is 1. The fourth-order valence-electron chi connectivity index (χ4n) is 4.55. The highest BCUT2D eigenvalue weighted by Crippen LogP contribution is 2.25. The molecular weight excluding hydrogens is 464 g/mol. The number of piperazine rings is 1. The quantitative estimate of drug-likeness (QED) is 0.420. The monoisotopic (exact) mass is 484 g/mol. The van der Waals surface area contributed by atoms with Gasteiger partial charge in [-0.15, -0.1) is 0 Å². The summed E-state index contributed by atoms with van der Waals surface area (Å²) in [6.45, 7) is 2.79. The standard InChI is InChI=1S/C26H21ClN6O2/c27-19-9-6-17(7-10-19)23-24-28-25(34)21-11-8-18(16-22(21)33(24)30-29-23)26(35)32-14-12-31(13-15-32)20-4-2-1-3-5-20/h1-11,16,30H,12-15H2. The molecule has 35 heavy (non-hydrogen) atoms. The van der Waals surface area contributed by atoms with Gasteiger partial charge >= 0.3 is 0 Å². The van der Waals surface area contributed by atoms with Crippen LogP contribution in [0.3, 0.4) is 0 Å². The molecule has 1 N–H and O–H groups in total. The van der Waals surface area contributed by atoms with Crippen LogP contribution < -0.4 is 10.5 Å². The van der Waals surface area contributed by atoms with Gasteiger partial charge in [0.2, 0.25) is 0 Å². The van der Waals surface area contributed by atoms with Crippen LogP contribution in [0, 0.1) is 0 Å². The summed E-state index contributed by atoms with van der Waals surface area (Å²) >= 11 is 6.01. The minimum Gasteiger partial charge on any atom is -0.368 e. The number of carbonyl (C=O) groups is 1. The Hall–Kier alpha value is -4.17. The third-order valence-electron chi connectivity index (χ3n) is 6.41. The Balaban J connectivity index is 1.32. The molecule has 8 nitrogen and oxygen atoms in total. The van der Waals surface area contributed by atoms with E-state index in [1.165, 1.54) is 0 Å². The number of aromatic amines is 1. The summed E-state index contributed by atoms with van der Waals surface area (Å²) in [5.74, 6) is -0.0601. The number of para-hydroxylation sites is 1. The van der Waals surface area contributed by atoms with E-state index in [2.05, 4.69) is 32.3 Å². The van der Waals surface area contributed by atoms with Crippen LogP contribution in [0.1, 0.15) is 10.4 Å². The number of hydrogen-bond acceptors (Lipinski definition) is 5. The Labute approximate surface area is 205 Å². The van der Waals surface area contributed by atoms with Gasteiger partial charge in [0.15, 0.2) is 5.65 Å². The molecule has 0 radical (unpaired) electrons. The fourth-order valence-corrected chi connectivity index (χ4v) is 4.68. The lowest BCUT2D eigenvalue weighted by Crippen LogP contribution is -2.48. The average molecular weight is 485 g/mol. The van der Waals surface area contributed by atoms with Gasteiger partial charge < -0.3 is 9.80 Å². The van der Waals surface area contributed by atoms with Crippen molar-refractivity contribution in [1.29, 1.82) is 0 Å². The fraction of sp³-hybridized carbons (Fsp3) is 0.154. The highest BCUT2D eigenvalue weighted by molar-refractivity contribution is 6.30. The summed E-state index contributed by atoms with van der Waals surface area (Å²) in [4.78, 5) is 34.5. The average Bonchev–Trinajstić information content (AvgIpc) is 3.33. The second-order valence-electron chi connectivity index (χ2n) is 8.49. The number of amides is 1. The molecule has 5 aromatic rings. The molecule has 0 atom stereocenters. The Morgan fingerprint density at radius 2 is 1.66 bits per heavy atom. The molecule has 0 bridgehead atoms. The van der Waals surface area contributed by atoms with E-state index in [9.17, 15) is 9.59 Å². The van der Waals surface area contributed by atoms with Crippen LogP contribution in [0.4, 0.5) is 5.69 Å². The number of hydrogen-bond donors (Lipinski definition) is 1. The number of nitrogens with one attached hydrogen (secondary N) is 1. The maximum absolute atomic E-state index is 13.3. The predicted octanol–water partition coefficient (Wildman–Crippen LogP) is 3.85. The van der Waals surface area contributed by atoms with Crippen LogP contribution in [0.15, 0.2) is 77.6 Å². The van der Waals surface area contributed by atoms with E-state index < -0.39 is 0 Å². The van der Waals surface area contributed by atoms with Gasteiger partial charge in [0.05, 0.1) is 10.9 Å². The number of fused-ring (bicyclic) bond motifs is 3. The van der Waals surface area contributed by atoms with Gasteiger partial charge in [0.25, 0.3) is 11.5 Å². The zero-order valence-electron chi connectivity index (χ0n) is 18.7. The van der Waals surface area contributed by atoms with Crippen LogP contribution in [0.2, 0.25) is 5.02 Å². The van der Waals surface area contributed by atoms with Gasteiger partial charge in [-0.3, -0.25) is 9.59 Å². The van der Waals surface area contributed by atoms with Crippen LogP contribution in [-0.2, 0) is 0 Å². The Morgan fingerprint density at radius 3 is 2.40 bits per heavy atom. The van der Waals surface area contributed by atoms with Gasteiger partial charge in [-0.05, 0) is 42.5 Å². The van der Waals surface area contributed by atoms with Crippen LogP contribution >= 0.6 is 11.6 Å². The molecular formula is C26H21ClN6O2. The van der Waals surface area contributed by atoms with Gasteiger partial charge in [0.1, 0.15) is 5.69 Å². The minimum atomic E-state index is -0.368. The van der Waals surface area contributed by atoms with Crippen molar-refractivity contribution in [2.24, 2.45) is 0 Å². The lowest BCUT2D eigenvalue weighted by atomic mass is 10.1. The van der Waals surface area contributed by atoms with Crippen LogP contribution in [0.25, 0.3) is 27.8 Å². The van der Waals surface area contributed by atoms with E-state index >= 15 is 0 Å². The SMILES string of the molecule is O=C(c1ccc2c(=O)nc3c(-c4ccc(Cl)cc4)n[nH]n3c2c1)N1CCN(c2ccccc2)CC1. The van der Waals surface area contributed by atoms with Crippen molar-refractivity contribution < 1.29 is 4.79 Å².